The van der Waals surface area contributed by atoms with E-state index < -0.39 is 94.9 Å². The topological polar surface area (TPSA) is 192 Å². The molecule has 5 aliphatic rings. The highest BCUT2D eigenvalue weighted by Crippen LogP contribution is 2.73. The minimum atomic E-state index is -1.80. The Balaban J connectivity index is 1.14. The highest BCUT2D eigenvalue weighted by Gasteiger charge is 2.68. The van der Waals surface area contributed by atoms with Crippen LogP contribution in [0.2, 0.25) is 0 Å². The lowest BCUT2D eigenvalue weighted by atomic mass is 9.42. The van der Waals surface area contributed by atoms with Gasteiger partial charge in [-0.1, -0.05) is 76.1 Å². The molecule has 12 nitrogen and oxygen atoms in total. The summed E-state index contributed by atoms with van der Waals surface area (Å²) in [5.74, 6) is -2.12. The smallest absolute Gasteiger partial charge is 0.328 e. The van der Waals surface area contributed by atoms with Gasteiger partial charge < -0.3 is 45.1 Å². The molecule has 12 heteroatoms. The van der Waals surface area contributed by atoms with Crippen molar-refractivity contribution in [1.29, 1.82) is 0 Å². The highest BCUT2D eigenvalue weighted by molar-refractivity contribution is 5.85. The SMILES string of the molecule is COC(=O)C(Cc1ccccc1)NC(=O)CC(C)(O)CC(=O)O[C@H]1[C@H](O)C[C@]2(C)C3=C(CCC2C1(C)C)[C@]1(C)CC[C@H]([C@H]2CC[C@H](C(C)(C)O)OC2O)[C@@]1(C)[C@@H](O)C3. The number of benzene rings is 1. The molecule has 1 saturated heterocycles. The van der Waals surface area contributed by atoms with Crippen molar-refractivity contribution in [3.05, 3.63) is 47.0 Å². The third kappa shape index (κ3) is 7.91. The Morgan fingerprint density at radius 1 is 0.931 bits per heavy atom. The van der Waals surface area contributed by atoms with Crippen molar-refractivity contribution >= 4 is 17.8 Å². The lowest BCUT2D eigenvalue weighted by Crippen LogP contribution is -2.62. The van der Waals surface area contributed by atoms with E-state index in [1.807, 2.05) is 44.2 Å². The summed E-state index contributed by atoms with van der Waals surface area (Å²) < 4.78 is 17.0. The van der Waals surface area contributed by atoms with Gasteiger partial charge in [0.1, 0.15) is 12.1 Å². The maximum atomic E-state index is 13.5. The number of allylic oxidation sites excluding steroid dienone is 1. The van der Waals surface area contributed by atoms with Gasteiger partial charge in [-0.25, -0.2) is 4.79 Å². The molecule has 4 aliphatic carbocycles. The molecule has 1 aromatic carbocycles. The van der Waals surface area contributed by atoms with Crippen LogP contribution in [-0.4, -0.2) is 98.4 Å². The van der Waals surface area contributed by atoms with Gasteiger partial charge in [-0.15, -0.1) is 0 Å². The largest absolute Gasteiger partial charge is 0.467 e. The van der Waals surface area contributed by atoms with Crippen LogP contribution in [0.5, 0.6) is 0 Å². The number of methoxy groups -OCH3 is 1. The Labute approximate surface area is 344 Å². The standard InChI is InChI=1S/C46H69NO11/c1-41(2)33-17-16-29-30(22-34(49)46(8)28(19-20-45(29,46)7)27-15-18-35(42(3,4)54)57-39(27)52)44(33,6)23-32(48)38(41)58-37(51)25-43(5,55)24-36(50)47-31(40(53)56-9)21-26-13-11-10-12-14-26/h10-14,27-28,31-35,38-39,48-49,52,54-55H,15-25H2,1-9H3,(H,47,50)/t27-,28-,31?,32-,33?,34+,35-,38+,39?,43?,44-,45+,46+/m1/s1. The average Bonchev–Trinajstić information content (AvgIpc) is 3.41. The molecule has 1 aliphatic heterocycles. The van der Waals surface area contributed by atoms with Crippen molar-refractivity contribution in [1.82, 2.24) is 5.32 Å². The molecule has 0 bridgehead atoms. The van der Waals surface area contributed by atoms with E-state index in [4.69, 9.17) is 14.2 Å². The van der Waals surface area contributed by atoms with Crippen molar-refractivity contribution in [2.45, 2.75) is 174 Å². The fraction of sp³-hybridized carbons (Fsp3) is 0.761. The molecule has 6 N–H and O–H groups in total. The molecular formula is C46H69NO11. The molecule has 1 heterocycles. The number of aliphatic hydroxyl groups excluding tert-OH is 3. The number of rotatable bonds is 11. The summed E-state index contributed by atoms with van der Waals surface area (Å²) in [6.45, 7) is 15.5. The van der Waals surface area contributed by atoms with E-state index in [2.05, 4.69) is 26.1 Å². The fourth-order valence-electron chi connectivity index (χ4n) is 12.9. The summed E-state index contributed by atoms with van der Waals surface area (Å²) in [4.78, 5) is 39.1. The molecule has 6 rings (SSSR count). The van der Waals surface area contributed by atoms with E-state index >= 15 is 0 Å². The summed E-state index contributed by atoms with van der Waals surface area (Å²) in [7, 11) is 1.24. The second kappa shape index (κ2) is 15.9. The zero-order valence-electron chi connectivity index (χ0n) is 36.0. The first-order chi connectivity index (χ1) is 26.9. The lowest BCUT2D eigenvalue weighted by molar-refractivity contribution is -0.251. The van der Waals surface area contributed by atoms with Crippen LogP contribution < -0.4 is 5.32 Å². The Bertz CT molecular complexity index is 1740. The average molecular weight is 812 g/mol. The minimum Gasteiger partial charge on any atom is -0.467 e. The first-order valence-corrected chi connectivity index (χ1v) is 21.4. The number of ether oxygens (including phenoxy) is 3. The Morgan fingerprint density at radius 2 is 1.60 bits per heavy atom. The zero-order chi connectivity index (χ0) is 42.8. The van der Waals surface area contributed by atoms with E-state index in [0.29, 0.717) is 25.7 Å². The molecule has 58 heavy (non-hydrogen) atoms. The van der Waals surface area contributed by atoms with Gasteiger partial charge in [0.2, 0.25) is 5.91 Å². The Kier molecular flexibility index (Phi) is 12.2. The maximum absolute atomic E-state index is 13.5. The number of amides is 1. The number of carbonyl (C=O) groups is 3. The zero-order valence-corrected chi connectivity index (χ0v) is 36.0. The van der Waals surface area contributed by atoms with Crippen molar-refractivity contribution in [2.24, 2.45) is 39.4 Å². The van der Waals surface area contributed by atoms with Crippen LogP contribution >= 0.6 is 0 Å². The van der Waals surface area contributed by atoms with E-state index in [1.165, 1.54) is 25.2 Å². The number of carbonyl (C=O) groups excluding carboxylic acids is 3. The fourth-order valence-corrected chi connectivity index (χ4v) is 12.9. The molecule has 4 unspecified atom stereocenters. The predicted octanol–water partition coefficient (Wildman–Crippen LogP) is 4.91. The number of hydrogen-bond acceptors (Lipinski definition) is 11. The van der Waals surface area contributed by atoms with Crippen LogP contribution in [0.15, 0.2) is 41.5 Å². The minimum absolute atomic E-state index is 0.01000. The number of esters is 2. The van der Waals surface area contributed by atoms with Gasteiger partial charge in [0.25, 0.3) is 0 Å². The van der Waals surface area contributed by atoms with Gasteiger partial charge in [-0.3, -0.25) is 9.59 Å². The van der Waals surface area contributed by atoms with Crippen molar-refractivity contribution < 1.29 is 54.1 Å². The quantitative estimate of drug-likeness (QED) is 0.132. The van der Waals surface area contributed by atoms with E-state index in [1.54, 1.807) is 13.8 Å². The van der Waals surface area contributed by atoms with Crippen LogP contribution in [0, 0.1) is 39.4 Å². The van der Waals surface area contributed by atoms with Crippen LogP contribution in [0.1, 0.15) is 125 Å². The van der Waals surface area contributed by atoms with Gasteiger partial charge in [-0.2, -0.15) is 0 Å². The first kappa shape index (κ1) is 44.7. The van der Waals surface area contributed by atoms with Crippen LogP contribution in [0.4, 0.5) is 0 Å². The summed E-state index contributed by atoms with van der Waals surface area (Å²) in [5, 5.41) is 60.0. The number of aliphatic hydroxyl groups is 5. The Hall–Kier alpha value is -2.87. The van der Waals surface area contributed by atoms with Gasteiger partial charge in [0, 0.05) is 23.2 Å². The van der Waals surface area contributed by atoms with Crippen molar-refractivity contribution in [2.75, 3.05) is 7.11 Å². The molecule has 0 aromatic heterocycles. The third-order valence-electron chi connectivity index (χ3n) is 16.0. The molecule has 0 spiro atoms. The highest BCUT2D eigenvalue weighted by atomic mass is 16.6. The van der Waals surface area contributed by atoms with E-state index in [-0.39, 0.29) is 29.6 Å². The normalized spacial score (nSPS) is 38.7. The number of fused-ring (bicyclic) bond motifs is 4. The molecule has 13 atom stereocenters. The molecule has 0 radical (unpaired) electrons. The first-order valence-electron chi connectivity index (χ1n) is 21.4. The van der Waals surface area contributed by atoms with Crippen LogP contribution in [0.3, 0.4) is 0 Å². The molecular weight excluding hydrogens is 743 g/mol. The maximum Gasteiger partial charge on any atom is 0.328 e. The summed E-state index contributed by atoms with van der Waals surface area (Å²) in [6.07, 6.45) is 0.638. The molecule has 2 saturated carbocycles. The van der Waals surface area contributed by atoms with Crippen LogP contribution in [-0.2, 0) is 35.0 Å². The second-order valence-electron chi connectivity index (χ2n) is 20.5. The lowest BCUT2D eigenvalue weighted by Gasteiger charge is -2.64. The van der Waals surface area contributed by atoms with Gasteiger partial charge in [0.15, 0.2) is 6.29 Å². The number of nitrogens with one attached hydrogen (secondary N) is 1. The summed E-state index contributed by atoms with van der Waals surface area (Å²) >= 11 is 0. The Morgan fingerprint density at radius 3 is 2.22 bits per heavy atom. The van der Waals surface area contributed by atoms with Crippen molar-refractivity contribution in [3.8, 4) is 0 Å². The summed E-state index contributed by atoms with van der Waals surface area (Å²) in [5.41, 5.74) is -1.49. The van der Waals surface area contributed by atoms with Gasteiger partial charge >= 0.3 is 11.9 Å². The third-order valence-corrected chi connectivity index (χ3v) is 16.0. The second-order valence-corrected chi connectivity index (χ2v) is 20.5. The van der Waals surface area contributed by atoms with E-state index in [9.17, 15) is 39.9 Å². The van der Waals surface area contributed by atoms with Gasteiger partial charge in [0.05, 0.1) is 49.5 Å². The monoisotopic (exact) mass is 811 g/mol. The van der Waals surface area contributed by atoms with Crippen molar-refractivity contribution in [3.63, 3.8) is 0 Å². The van der Waals surface area contributed by atoms with E-state index in [0.717, 1.165) is 31.2 Å². The number of hydrogen-bond donors (Lipinski definition) is 6. The predicted molar refractivity (Wildman–Crippen MR) is 216 cm³/mol. The van der Waals surface area contributed by atoms with Gasteiger partial charge in [-0.05, 0) is 100 Å². The molecule has 3 fully saturated rings. The molecule has 1 aromatic rings. The molecule has 324 valence electrons. The molecule has 1 amide bonds. The van der Waals surface area contributed by atoms with Crippen LogP contribution in [0.25, 0.3) is 0 Å². The summed E-state index contributed by atoms with van der Waals surface area (Å²) in [6, 6.07) is 8.18.